The molecule has 2 aromatic rings. The summed E-state index contributed by atoms with van der Waals surface area (Å²) in [6.45, 7) is 0.807. The van der Waals surface area contributed by atoms with Gasteiger partial charge in [-0.05, 0) is 37.9 Å². The first-order valence-electron chi connectivity index (χ1n) is 6.40. The number of ether oxygens (including phenoxy) is 1. The first kappa shape index (κ1) is 15.3. The van der Waals surface area contributed by atoms with Crippen LogP contribution in [0.2, 0.25) is 0 Å². The molecule has 1 heterocycles. The van der Waals surface area contributed by atoms with Gasteiger partial charge >= 0.3 is 0 Å². The van der Waals surface area contributed by atoms with Crippen molar-refractivity contribution < 1.29 is 4.74 Å². The van der Waals surface area contributed by atoms with Crippen molar-refractivity contribution in [3.05, 3.63) is 34.7 Å². The van der Waals surface area contributed by atoms with Crippen LogP contribution in [0.15, 0.2) is 28.7 Å². The highest BCUT2D eigenvalue weighted by Gasteiger charge is 2.05. The average Bonchev–Trinajstić information content (AvgIpc) is 2.84. The number of nitrogen functional groups attached to an aromatic ring is 1. The Labute approximate surface area is 128 Å². The SMILES string of the molecule is COc1ccc(C=NNc2nc(N)cs2)cc1CN(C)C. The number of thiazole rings is 1. The second kappa shape index (κ2) is 7.05. The number of aromatic nitrogens is 1. The first-order chi connectivity index (χ1) is 10.1. The maximum Gasteiger partial charge on any atom is 0.205 e. The van der Waals surface area contributed by atoms with Gasteiger partial charge in [0, 0.05) is 17.5 Å². The van der Waals surface area contributed by atoms with Crippen molar-refractivity contribution in [1.29, 1.82) is 0 Å². The van der Waals surface area contributed by atoms with Gasteiger partial charge < -0.3 is 15.4 Å². The summed E-state index contributed by atoms with van der Waals surface area (Å²) >= 11 is 1.41. The lowest BCUT2D eigenvalue weighted by atomic mass is 10.1. The Morgan fingerprint density at radius 3 is 2.90 bits per heavy atom. The number of nitrogens with two attached hydrogens (primary N) is 1. The molecule has 1 aromatic heterocycles. The fraction of sp³-hybridized carbons (Fsp3) is 0.286. The molecule has 1 aromatic carbocycles. The number of rotatable bonds is 6. The van der Waals surface area contributed by atoms with Crippen molar-refractivity contribution in [2.45, 2.75) is 6.54 Å². The third-order valence-corrected chi connectivity index (χ3v) is 3.45. The molecule has 0 aliphatic carbocycles. The number of nitrogens with zero attached hydrogens (tertiary/aromatic N) is 3. The third-order valence-electron chi connectivity index (χ3n) is 2.69. The van der Waals surface area contributed by atoms with E-state index in [2.05, 4.69) is 26.5 Å². The van der Waals surface area contributed by atoms with Crippen LogP contribution in [-0.4, -0.2) is 37.3 Å². The molecule has 0 radical (unpaired) electrons. The molecule has 0 spiro atoms. The van der Waals surface area contributed by atoms with Gasteiger partial charge in [0.15, 0.2) is 0 Å². The molecule has 112 valence electrons. The fourth-order valence-electron chi connectivity index (χ4n) is 1.84. The molecule has 0 saturated heterocycles. The number of hydrogen-bond acceptors (Lipinski definition) is 7. The molecule has 0 fully saturated rings. The maximum atomic E-state index is 5.55. The van der Waals surface area contributed by atoms with Crippen molar-refractivity contribution in [3.8, 4) is 5.75 Å². The quantitative estimate of drug-likeness (QED) is 0.632. The van der Waals surface area contributed by atoms with E-state index in [1.807, 2.05) is 26.2 Å². The van der Waals surface area contributed by atoms with Crippen LogP contribution >= 0.6 is 11.3 Å². The van der Waals surface area contributed by atoms with E-state index in [0.717, 1.165) is 23.4 Å². The number of hydrazone groups is 1. The molecular formula is C14H19N5OS. The van der Waals surface area contributed by atoms with Gasteiger partial charge in [0.25, 0.3) is 0 Å². The second-order valence-corrected chi connectivity index (χ2v) is 5.61. The van der Waals surface area contributed by atoms with E-state index < -0.39 is 0 Å². The molecule has 7 heteroatoms. The summed E-state index contributed by atoms with van der Waals surface area (Å²) in [5.74, 6) is 1.37. The number of nitrogens with one attached hydrogen (secondary N) is 1. The number of benzene rings is 1. The zero-order valence-corrected chi connectivity index (χ0v) is 13.1. The molecule has 21 heavy (non-hydrogen) atoms. The van der Waals surface area contributed by atoms with E-state index in [1.165, 1.54) is 11.3 Å². The Morgan fingerprint density at radius 2 is 2.29 bits per heavy atom. The molecule has 0 bridgehead atoms. The van der Waals surface area contributed by atoms with Gasteiger partial charge in [0.2, 0.25) is 5.13 Å². The van der Waals surface area contributed by atoms with Crippen LogP contribution in [0.1, 0.15) is 11.1 Å². The minimum atomic E-state index is 0.496. The molecule has 3 N–H and O–H groups in total. The van der Waals surface area contributed by atoms with E-state index >= 15 is 0 Å². The van der Waals surface area contributed by atoms with Crippen LogP contribution in [-0.2, 0) is 6.54 Å². The standard InChI is InChI=1S/C14H19N5OS/c1-19(2)8-11-6-10(4-5-12(11)20-3)7-16-18-14-17-13(15)9-21-14/h4-7,9H,8,15H2,1-3H3,(H,17,18). The van der Waals surface area contributed by atoms with Crippen molar-refractivity contribution in [2.24, 2.45) is 5.10 Å². The minimum Gasteiger partial charge on any atom is -0.496 e. The van der Waals surface area contributed by atoms with Gasteiger partial charge in [-0.3, -0.25) is 5.43 Å². The highest BCUT2D eigenvalue weighted by Crippen LogP contribution is 2.20. The van der Waals surface area contributed by atoms with Gasteiger partial charge in [-0.1, -0.05) is 0 Å². The highest BCUT2D eigenvalue weighted by atomic mass is 32.1. The van der Waals surface area contributed by atoms with Gasteiger partial charge in [-0.25, -0.2) is 4.98 Å². The topological polar surface area (TPSA) is 75.8 Å². The Kier molecular flexibility index (Phi) is 5.13. The fourth-order valence-corrected chi connectivity index (χ4v) is 2.39. The lowest BCUT2D eigenvalue weighted by Gasteiger charge is -2.13. The Hall–Kier alpha value is -2.12. The largest absolute Gasteiger partial charge is 0.496 e. The molecular weight excluding hydrogens is 286 g/mol. The second-order valence-electron chi connectivity index (χ2n) is 4.76. The van der Waals surface area contributed by atoms with Gasteiger partial charge in [0.1, 0.15) is 11.6 Å². The summed E-state index contributed by atoms with van der Waals surface area (Å²) in [5, 5.41) is 6.60. The monoisotopic (exact) mass is 305 g/mol. The van der Waals surface area contributed by atoms with Crippen LogP contribution in [0.4, 0.5) is 10.9 Å². The number of anilines is 2. The number of hydrogen-bond donors (Lipinski definition) is 2. The van der Waals surface area contributed by atoms with Gasteiger partial charge in [-0.2, -0.15) is 5.10 Å². The van der Waals surface area contributed by atoms with Crippen LogP contribution in [0.25, 0.3) is 0 Å². The molecule has 0 aliphatic rings. The minimum absolute atomic E-state index is 0.496. The lowest BCUT2D eigenvalue weighted by Crippen LogP contribution is -2.11. The summed E-state index contributed by atoms with van der Waals surface area (Å²) in [7, 11) is 5.72. The van der Waals surface area contributed by atoms with Gasteiger partial charge in [-0.15, -0.1) is 11.3 Å². The summed E-state index contributed by atoms with van der Waals surface area (Å²) in [6.07, 6.45) is 1.75. The van der Waals surface area contributed by atoms with Crippen molar-refractivity contribution in [3.63, 3.8) is 0 Å². The molecule has 0 atom stereocenters. The van der Waals surface area contributed by atoms with E-state index in [4.69, 9.17) is 10.5 Å². The predicted molar refractivity (Wildman–Crippen MR) is 88.1 cm³/mol. The smallest absolute Gasteiger partial charge is 0.205 e. The summed E-state index contributed by atoms with van der Waals surface area (Å²) in [4.78, 5) is 6.16. The molecule has 0 amide bonds. The molecule has 2 rings (SSSR count). The first-order valence-corrected chi connectivity index (χ1v) is 7.28. The van der Waals surface area contributed by atoms with E-state index in [0.29, 0.717) is 10.9 Å². The van der Waals surface area contributed by atoms with Crippen LogP contribution in [0, 0.1) is 0 Å². The molecule has 6 nitrogen and oxygen atoms in total. The lowest BCUT2D eigenvalue weighted by molar-refractivity contribution is 0.372. The highest BCUT2D eigenvalue weighted by molar-refractivity contribution is 7.14. The van der Waals surface area contributed by atoms with Crippen molar-refractivity contribution in [1.82, 2.24) is 9.88 Å². The Morgan fingerprint density at radius 1 is 1.48 bits per heavy atom. The van der Waals surface area contributed by atoms with Crippen LogP contribution in [0.3, 0.4) is 0 Å². The van der Waals surface area contributed by atoms with Crippen molar-refractivity contribution >= 4 is 28.5 Å². The Balaban J connectivity index is 2.08. The molecule has 0 saturated carbocycles. The van der Waals surface area contributed by atoms with E-state index in [-0.39, 0.29) is 0 Å². The summed E-state index contributed by atoms with van der Waals surface area (Å²) < 4.78 is 5.37. The molecule has 0 unspecified atom stereocenters. The Bertz CT molecular complexity index is 624. The third kappa shape index (κ3) is 4.44. The summed E-state index contributed by atoms with van der Waals surface area (Å²) in [6, 6.07) is 5.96. The molecule has 0 aliphatic heterocycles. The maximum absolute atomic E-state index is 5.55. The van der Waals surface area contributed by atoms with E-state index in [9.17, 15) is 0 Å². The number of methoxy groups -OCH3 is 1. The van der Waals surface area contributed by atoms with Crippen LogP contribution in [0.5, 0.6) is 5.75 Å². The average molecular weight is 305 g/mol. The van der Waals surface area contributed by atoms with Crippen LogP contribution < -0.4 is 15.9 Å². The predicted octanol–water partition coefficient (Wildman–Crippen LogP) is 2.24. The van der Waals surface area contributed by atoms with Crippen molar-refractivity contribution in [2.75, 3.05) is 32.4 Å². The zero-order valence-electron chi connectivity index (χ0n) is 12.3. The van der Waals surface area contributed by atoms with E-state index in [1.54, 1.807) is 18.7 Å². The van der Waals surface area contributed by atoms with Gasteiger partial charge in [0.05, 0.1) is 13.3 Å². The zero-order chi connectivity index (χ0) is 15.2. The normalized spacial score (nSPS) is 11.2. The summed E-state index contributed by atoms with van der Waals surface area (Å²) in [5.41, 5.74) is 10.5.